The van der Waals surface area contributed by atoms with Gasteiger partial charge < -0.3 is 9.88 Å². The predicted molar refractivity (Wildman–Crippen MR) is 111 cm³/mol. The van der Waals surface area contributed by atoms with Crippen LogP contribution in [0.2, 0.25) is 0 Å². The molecular formula is C22H21FN4O2. The lowest BCUT2D eigenvalue weighted by Crippen LogP contribution is -2.20. The first kappa shape index (κ1) is 20.0. The molecule has 0 atom stereocenters. The van der Waals surface area contributed by atoms with Crippen molar-refractivity contribution in [3.8, 4) is 5.69 Å². The fourth-order valence-electron chi connectivity index (χ4n) is 2.63. The van der Waals surface area contributed by atoms with Gasteiger partial charge in [0.25, 0.3) is 5.91 Å². The Bertz CT molecular complexity index is 1010. The van der Waals surface area contributed by atoms with E-state index in [1.54, 1.807) is 31.2 Å². The van der Waals surface area contributed by atoms with Crippen LogP contribution in [0.1, 0.15) is 30.1 Å². The van der Waals surface area contributed by atoms with E-state index in [1.165, 1.54) is 12.1 Å². The quantitative estimate of drug-likeness (QED) is 0.468. The molecule has 3 aromatic rings. The molecule has 0 radical (unpaired) electrons. The molecule has 0 aliphatic carbocycles. The monoisotopic (exact) mass is 392 g/mol. The summed E-state index contributed by atoms with van der Waals surface area (Å²) in [5.41, 5.74) is 4.65. The Morgan fingerprint density at radius 2 is 1.66 bits per heavy atom. The van der Waals surface area contributed by atoms with Crippen LogP contribution in [0.5, 0.6) is 0 Å². The maximum Gasteiger partial charge on any atom is 0.271 e. The van der Waals surface area contributed by atoms with Crippen molar-refractivity contribution >= 4 is 23.2 Å². The highest BCUT2D eigenvalue weighted by molar-refractivity contribution is 5.96. The number of halogens is 1. The zero-order chi connectivity index (χ0) is 20.6. The lowest BCUT2D eigenvalue weighted by Gasteiger charge is -2.07. The first-order valence-corrected chi connectivity index (χ1v) is 9.14. The van der Waals surface area contributed by atoms with E-state index in [0.29, 0.717) is 17.7 Å². The van der Waals surface area contributed by atoms with E-state index in [9.17, 15) is 14.0 Å². The van der Waals surface area contributed by atoms with E-state index in [-0.39, 0.29) is 23.9 Å². The van der Waals surface area contributed by atoms with Gasteiger partial charge in [-0.3, -0.25) is 9.59 Å². The second-order valence-corrected chi connectivity index (χ2v) is 6.45. The van der Waals surface area contributed by atoms with Crippen molar-refractivity contribution in [3.05, 3.63) is 84.4 Å². The van der Waals surface area contributed by atoms with Crippen LogP contribution >= 0.6 is 0 Å². The number of aromatic nitrogens is 1. The van der Waals surface area contributed by atoms with Crippen molar-refractivity contribution in [2.45, 2.75) is 19.8 Å². The molecule has 0 bridgehead atoms. The zero-order valence-corrected chi connectivity index (χ0v) is 15.9. The van der Waals surface area contributed by atoms with Crippen molar-refractivity contribution in [3.63, 3.8) is 0 Å². The van der Waals surface area contributed by atoms with E-state index in [0.717, 1.165) is 5.69 Å². The smallest absolute Gasteiger partial charge is 0.271 e. The maximum absolute atomic E-state index is 13.5. The Balaban J connectivity index is 1.48. The third kappa shape index (κ3) is 5.62. The Hall–Kier alpha value is -3.74. The average molecular weight is 392 g/mol. The fraction of sp³-hybridized carbons (Fsp3) is 0.136. The molecule has 2 aromatic carbocycles. The van der Waals surface area contributed by atoms with Gasteiger partial charge in [0.2, 0.25) is 5.91 Å². The number of para-hydroxylation sites is 1. The van der Waals surface area contributed by atoms with Gasteiger partial charge in [0.15, 0.2) is 0 Å². The van der Waals surface area contributed by atoms with Gasteiger partial charge in [0, 0.05) is 35.8 Å². The standard InChI is InChI=1S/C22H21FN4O2/c1-16(8-13-21(28)24-20-7-3-2-6-19(20)23)25-26-22(29)17-9-11-18(12-10-17)27-14-4-5-15-27/h2-7,9-12,14-15H,8,13H2,1H3,(H,24,28)(H,26,29)/b25-16+. The van der Waals surface area contributed by atoms with Crippen LogP contribution in [0.3, 0.4) is 0 Å². The van der Waals surface area contributed by atoms with Crippen molar-refractivity contribution in [1.82, 2.24) is 9.99 Å². The van der Waals surface area contributed by atoms with Gasteiger partial charge in [0.05, 0.1) is 5.69 Å². The van der Waals surface area contributed by atoms with Crippen molar-refractivity contribution in [2.75, 3.05) is 5.32 Å². The third-order valence-electron chi connectivity index (χ3n) is 4.24. The molecule has 3 rings (SSSR count). The minimum atomic E-state index is -0.485. The van der Waals surface area contributed by atoms with Gasteiger partial charge >= 0.3 is 0 Å². The molecular weight excluding hydrogens is 371 g/mol. The van der Waals surface area contributed by atoms with Crippen molar-refractivity contribution < 1.29 is 14.0 Å². The molecule has 1 aromatic heterocycles. The highest BCUT2D eigenvalue weighted by Crippen LogP contribution is 2.13. The molecule has 0 aliphatic rings. The summed E-state index contributed by atoms with van der Waals surface area (Å²) in [6, 6.07) is 17.0. The summed E-state index contributed by atoms with van der Waals surface area (Å²) >= 11 is 0. The molecule has 29 heavy (non-hydrogen) atoms. The number of hydrazone groups is 1. The second kappa shape index (κ2) is 9.45. The van der Waals surface area contributed by atoms with Gasteiger partial charge in [0.1, 0.15) is 5.82 Å². The molecule has 2 amide bonds. The van der Waals surface area contributed by atoms with E-state index in [2.05, 4.69) is 15.8 Å². The number of anilines is 1. The SMILES string of the molecule is C/C(CCC(=O)Nc1ccccc1F)=N\NC(=O)c1ccc(-n2cccc2)cc1. The predicted octanol–water partition coefficient (Wildman–Crippen LogP) is 4.14. The number of rotatable bonds is 7. The Morgan fingerprint density at radius 1 is 0.966 bits per heavy atom. The largest absolute Gasteiger partial charge is 0.324 e. The Kier molecular flexibility index (Phi) is 6.52. The van der Waals surface area contributed by atoms with Gasteiger partial charge in [-0.2, -0.15) is 5.10 Å². The third-order valence-corrected chi connectivity index (χ3v) is 4.24. The molecule has 2 N–H and O–H groups in total. The average Bonchev–Trinajstić information content (AvgIpc) is 3.27. The van der Waals surface area contributed by atoms with E-state index in [4.69, 9.17) is 0 Å². The van der Waals surface area contributed by atoms with Crippen LogP contribution in [-0.2, 0) is 4.79 Å². The number of amides is 2. The molecule has 6 nitrogen and oxygen atoms in total. The summed E-state index contributed by atoms with van der Waals surface area (Å²) in [7, 11) is 0. The maximum atomic E-state index is 13.5. The zero-order valence-electron chi connectivity index (χ0n) is 15.9. The van der Waals surface area contributed by atoms with E-state index < -0.39 is 5.82 Å². The first-order chi connectivity index (χ1) is 14.0. The van der Waals surface area contributed by atoms with Crippen LogP contribution in [0, 0.1) is 5.82 Å². The van der Waals surface area contributed by atoms with Crippen LogP contribution in [-0.4, -0.2) is 22.1 Å². The van der Waals surface area contributed by atoms with E-state index in [1.807, 2.05) is 41.2 Å². The van der Waals surface area contributed by atoms with Crippen molar-refractivity contribution in [2.24, 2.45) is 5.10 Å². The number of benzene rings is 2. The summed E-state index contributed by atoms with van der Waals surface area (Å²) < 4.78 is 15.5. The van der Waals surface area contributed by atoms with Crippen molar-refractivity contribution in [1.29, 1.82) is 0 Å². The van der Waals surface area contributed by atoms with E-state index >= 15 is 0 Å². The lowest BCUT2D eigenvalue weighted by atomic mass is 10.2. The van der Waals surface area contributed by atoms with Gasteiger partial charge in [-0.1, -0.05) is 12.1 Å². The molecule has 1 heterocycles. The number of carbonyl (C=O) groups excluding carboxylic acids is 2. The number of carbonyl (C=O) groups is 2. The van der Waals surface area contributed by atoms with Gasteiger partial charge in [-0.15, -0.1) is 0 Å². The summed E-state index contributed by atoms with van der Waals surface area (Å²) in [6.45, 7) is 1.71. The second-order valence-electron chi connectivity index (χ2n) is 6.45. The summed E-state index contributed by atoms with van der Waals surface area (Å²) in [5.74, 6) is -1.14. The van der Waals surface area contributed by atoms with Gasteiger partial charge in [-0.25, -0.2) is 9.82 Å². The highest BCUT2D eigenvalue weighted by Gasteiger charge is 2.08. The normalized spacial score (nSPS) is 11.2. The minimum absolute atomic E-state index is 0.130. The Morgan fingerprint density at radius 3 is 2.34 bits per heavy atom. The highest BCUT2D eigenvalue weighted by atomic mass is 19.1. The lowest BCUT2D eigenvalue weighted by molar-refractivity contribution is -0.116. The summed E-state index contributed by atoms with van der Waals surface area (Å²) in [5, 5.41) is 6.54. The summed E-state index contributed by atoms with van der Waals surface area (Å²) in [6.07, 6.45) is 4.31. The molecule has 0 spiro atoms. The molecule has 0 unspecified atom stereocenters. The Labute approximate surface area is 168 Å². The molecule has 0 fully saturated rings. The van der Waals surface area contributed by atoms with Crippen LogP contribution in [0.25, 0.3) is 5.69 Å². The number of hydrogen-bond acceptors (Lipinski definition) is 3. The fourth-order valence-corrected chi connectivity index (χ4v) is 2.63. The number of nitrogens with zero attached hydrogens (tertiary/aromatic N) is 2. The number of hydrogen-bond donors (Lipinski definition) is 2. The number of nitrogens with one attached hydrogen (secondary N) is 2. The molecule has 7 heteroatoms. The minimum Gasteiger partial charge on any atom is -0.324 e. The molecule has 0 saturated heterocycles. The summed E-state index contributed by atoms with van der Waals surface area (Å²) in [4.78, 5) is 24.2. The van der Waals surface area contributed by atoms with Crippen LogP contribution < -0.4 is 10.7 Å². The first-order valence-electron chi connectivity index (χ1n) is 9.14. The van der Waals surface area contributed by atoms with Gasteiger partial charge in [-0.05, 0) is 61.9 Å². The molecule has 0 saturated carbocycles. The molecule has 148 valence electrons. The molecule has 0 aliphatic heterocycles. The van der Waals surface area contributed by atoms with Crippen LogP contribution in [0.15, 0.2) is 78.2 Å². The topological polar surface area (TPSA) is 75.5 Å². The van der Waals surface area contributed by atoms with Crippen LogP contribution in [0.4, 0.5) is 10.1 Å².